The third kappa shape index (κ3) is 2.61. The molecule has 0 unspecified atom stereocenters. The topological polar surface area (TPSA) is 163 Å². The highest BCUT2D eigenvalue weighted by Crippen LogP contribution is 2.38. The van der Waals surface area contributed by atoms with Gasteiger partial charge >= 0.3 is 0 Å². The van der Waals surface area contributed by atoms with Crippen LogP contribution in [0.15, 0.2) is 34.1 Å². The Morgan fingerprint density at radius 1 is 0.808 bits per heavy atom. The van der Waals surface area contributed by atoms with E-state index in [1.54, 1.807) is 0 Å². The SMILES string of the molecule is Cc1c(S(=O)(=O)O)cc(O)c2c1C(=O)c1ccc(S(=O)(=O)O)cc1C2=O. The Hall–Kier alpha value is -2.60. The predicted molar refractivity (Wildman–Crippen MR) is 85.8 cm³/mol. The van der Waals surface area contributed by atoms with E-state index in [0.717, 1.165) is 18.2 Å². The van der Waals surface area contributed by atoms with E-state index in [0.29, 0.717) is 6.07 Å². The van der Waals surface area contributed by atoms with Gasteiger partial charge in [0.2, 0.25) is 0 Å². The van der Waals surface area contributed by atoms with Gasteiger partial charge in [-0.25, -0.2) is 0 Å². The summed E-state index contributed by atoms with van der Waals surface area (Å²) in [5.74, 6) is -2.63. The van der Waals surface area contributed by atoms with Crippen molar-refractivity contribution in [2.75, 3.05) is 0 Å². The first-order chi connectivity index (χ1) is 11.8. The number of hydrogen-bond donors (Lipinski definition) is 3. The third-order valence-corrected chi connectivity index (χ3v) is 5.86. The van der Waals surface area contributed by atoms with Gasteiger partial charge in [-0.05, 0) is 30.7 Å². The van der Waals surface area contributed by atoms with Crippen molar-refractivity contribution in [1.29, 1.82) is 0 Å². The number of aromatic hydroxyl groups is 1. The minimum atomic E-state index is -4.77. The molecule has 136 valence electrons. The lowest BCUT2D eigenvalue weighted by molar-refractivity contribution is 0.0975. The number of fused-ring (bicyclic) bond motifs is 2. The summed E-state index contributed by atoms with van der Waals surface area (Å²) in [5.41, 5.74) is -1.76. The van der Waals surface area contributed by atoms with Crippen LogP contribution >= 0.6 is 0 Å². The van der Waals surface area contributed by atoms with Crippen LogP contribution in [0.1, 0.15) is 37.4 Å². The summed E-state index contributed by atoms with van der Waals surface area (Å²) in [4.78, 5) is 24.0. The first kappa shape index (κ1) is 18.2. The molecular weight excluding hydrogens is 388 g/mol. The highest BCUT2D eigenvalue weighted by Gasteiger charge is 2.36. The van der Waals surface area contributed by atoms with E-state index in [4.69, 9.17) is 4.55 Å². The Morgan fingerprint density at radius 3 is 1.92 bits per heavy atom. The van der Waals surface area contributed by atoms with E-state index in [1.807, 2.05) is 0 Å². The van der Waals surface area contributed by atoms with Gasteiger partial charge in [-0.2, -0.15) is 16.8 Å². The van der Waals surface area contributed by atoms with Gasteiger partial charge < -0.3 is 5.11 Å². The zero-order valence-corrected chi connectivity index (χ0v) is 14.6. The molecule has 0 aliphatic heterocycles. The molecule has 0 heterocycles. The number of phenolic OH excluding ortho intramolecular Hbond substituents is 1. The second kappa shape index (κ2) is 5.45. The number of carbonyl (C=O) groups is 2. The number of rotatable bonds is 2. The molecule has 1 aliphatic rings. The van der Waals surface area contributed by atoms with Crippen LogP contribution in [0.4, 0.5) is 0 Å². The number of benzene rings is 2. The molecule has 0 bridgehead atoms. The normalized spacial score (nSPS) is 14.1. The molecular formula is C15H10O9S2. The van der Waals surface area contributed by atoms with Gasteiger partial charge in [0.25, 0.3) is 20.2 Å². The molecule has 0 atom stereocenters. The molecule has 0 saturated heterocycles. The molecule has 0 radical (unpaired) electrons. The summed E-state index contributed by atoms with van der Waals surface area (Å²) in [6.07, 6.45) is 0. The number of carbonyl (C=O) groups excluding carboxylic acids is 2. The smallest absolute Gasteiger partial charge is 0.294 e. The third-order valence-electron chi connectivity index (χ3n) is 4.03. The molecule has 2 aromatic carbocycles. The van der Waals surface area contributed by atoms with Crippen molar-refractivity contribution in [2.24, 2.45) is 0 Å². The molecule has 0 spiro atoms. The molecule has 2 aromatic rings. The molecule has 0 amide bonds. The van der Waals surface area contributed by atoms with Crippen molar-refractivity contribution >= 4 is 31.8 Å². The largest absolute Gasteiger partial charge is 0.507 e. The van der Waals surface area contributed by atoms with Crippen LogP contribution in [0.25, 0.3) is 0 Å². The molecule has 0 aromatic heterocycles. The first-order valence-electron chi connectivity index (χ1n) is 6.89. The lowest BCUT2D eigenvalue weighted by Crippen LogP contribution is -2.24. The van der Waals surface area contributed by atoms with Crippen molar-refractivity contribution < 1.29 is 40.6 Å². The van der Waals surface area contributed by atoms with E-state index in [9.17, 15) is 36.1 Å². The summed E-state index contributed by atoms with van der Waals surface area (Å²) in [7, 11) is -9.41. The Balaban J connectivity index is 2.38. The fourth-order valence-electron chi connectivity index (χ4n) is 2.86. The number of hydrogen-bond acceptors (Lipinski definition) is 7. The maximum Gasteiger partial charge on any atom is 0.294 e. The monoisotopic (exact) mass is 398 g/mol. The van der Waals surface area contributed by atoms with Gasteiger partial charge in [-0.15, -0.1) is 0 Å². The fraction of sp³-hybridized carbons (Fsp3) is 0.0667. The van der Waals surface area contributed by atoms with Gasteiger partial charge in [0.1, 0.15) is 10.6 Å². The van der Waals surface area contributed by atoms with Gasteiger partial charge in [0.05, 0.1) is 10.5 Å². The molecule has 9 nitrogen and oxygen atoms in total. The van der Waals surface area contributed by atoms with Crippen molar-refractivity contribution in [3.8, 4) is 5.75 Å². The first-order valence-corrected chi connectivity index (χ1v) is 9.77. The quantitative estimate of drug-likeness (QED) is 0.534. The van der Waals surface area contributed by atoms with E-state index in [2.05, 4.69) is 0 Å². The minimum absolute atomic E-state index is 0.232. The van der Waals surface area contributed by atoms with E-state index >= 15 is 0 Å². The summed E-state index contributed by atoms with van der Waals surface area (Å²) < 4.78 is 63.7. The standard InChI is InChI=1S/C15H10O9S2/c1-6-11(26(22,23)24)5-10(16)13-12(6)14(17)8-3-2-7(25(19,20)21)4-9(8)15(13)18/h2-5,16H,1H3,(H,19,20,21)(H,22,23,24). The summed E-state index contributed by atoms with van der Waals surface area (Å²) >= 11 is 0. The van der Waals surface area contributed by atoms with Crippen LogP contribution in [-0.2, 0) is 20.2 Å². The van der Waals surface area contributed by atoms with Crippen LogP contribution in [0.5, 0.6) is 5.75 Å². The second-order valence-corrected chi connectivity index (χ2v) is 8.40. The van der Waals surface area contributed by atoms with Crippen molar-refractivity contribution in [3.05, 3.63) is 52.1 Å². The zero-order chi connectivity index (χ0) is 19.6. The zero-order valence-electron chi connectivity index (χ0n) is 12.9. The maximum absolute atomic E-state index is 12.7. The molecule has 0 fully saturated rings. The molecule has 11 heteroatoms. The minimum Gasteiger partial charge on any atom is -0.507 e. The molecule has 26 heavy (non-hydrogen) atoms. The highest BCUT2D eigenvalue weighted by molar-refractivity contribution is 7.86. The van der Waals surface area contributed by atoms with Crippen LogP contribution in [0.3, 0.4) is 0 Å². The Morgan fingerprint density at radius 2 is 1.38 bits per heavy atom. The second-order valence-electron chi connectivity index (χ2n) is 5.58. The Kier molecular flexibility index (Phi) is 3.81. The average molecular weight is 398 g/mol. The molecule has 3 N–H and O–H groups in total. The van der Waals surface area contributed by atoms with Crippen LogP contribution in [-0.4, -0.2) is 42.6 Å². The predicted octanol–water partition coefficient (Wildman–Crippen LogP) is 0.969. The Labute approximate surface area is 147 Å². The Bertz CT molecular complexity index is 1220. The van der Waals surface area contributed by atoms with Crippen LogP contribution in [0, 0.1) is 6.92 Å². The van der Waals surface area contributed by atoms with Gasteiger partial charge in [0.15, 0.2) is 11.6 Å². The van der Waals surface area contributed by atoms with Crippen LogP contribution < -0.4 is 0 Å². The van der Waals surface area contributed by atoms with Crippen molar-refractivity contribution in [3.63, 3.8) is 0 Å². The van der Waals surface area contributed by atoms with E-state index in [-0.39, 0.29) is 16.7 Å². The van der Waals surface area contributed by atoms with E-state index in [1.165, 1.54) is 6.92 Å². The number of phenols is 1. The fourth-order valence-corrected chi connectivity index (χ4v) is 4.12. The average Bonchev–Trinajstić information content (AvgIpc) is 2.51. The van der Waals surface area contributed by atoms with Crippen molar-refractivity contribution in [1.82, 2.24) is 0 Å². The van der Waals surface area contributed by atoms with Gasteiger partial charge in [-0.3, -0.25) is 18.7 Å². The summed E-state index contributed by atoms with van der Waals surface area (Å²) in [6.45, 7) is 1.18. The highest BCUT2D eigenvalue weighted by atomic mass is 32.2. The lowest BCUT2D eigenvalue weighted by Gasteiger charge is -2.21. The molecule has 3 rings (SSSR count). The van der Waals surface area contributed by atoms with Crippen LogP contribution in [0.2, 0.25) is 0 Å². The lowest BCUT2D eigenvalue weighted by atomic mass is 9.81. The summed E-state index contributed by atoms with van der Waals surface area (Å²) in [5, 5.41) is 10.1. The maximum atomic E-state index is 12.7. The molecule has 1 aliphatic carbocycles. The number of ketones is 2. The van der Waals surface area contributed by atoms with E-state index < -0.39 is 58.5 Å². The van der Waals surface area contributed by atoms with Crippen molar-refractivity contribution in [2.45, 2.75) is 16.7 Å². The summed E-state index contributed by atoms with van der Waals surface area (Å²) in [6, 6.07) is 3.33. The van der Waals surface area contributed by atoms with Gasteiger partial charge in [0, 0.05) is 22.8 Å². The molecule has 0 saturated carbocycles. The van der Waals surface area contributed by atoms with Gasteiger partial charge in [-0.1, -0.05) is 0 Å².